The van der Waals surface area contributed by atoms with Crippen LogP contribution in [0.4, 0.5) is 0 Å². The van der Waals surface area contributed by atoms with Crippen LogP contribution < -0.4 is 14.7 Å². The molecule has 4 nitrogen and oxygen atoms in total. The standard InChI is InChI=1S/Be.H3O4P/c;1-5(2,3)4/h;(H3,1,2,3,4)/p-2. The fourth-order valence-corrected chi connectivity index (χ4v) is 0. The first-order valence-electron chi connectivity index (χ1n) is 0.730. The molecule has 0 heterocycles. The van der Waals surface area contributed by atoms with Gasteiger partial charge in [-0.25, -0.2) is 0 Å². The first-order valence-corrected chi connectivity index (χ1v) is 2.19. The average molecular weight is 105 g/mol. The molecule has 0 aliphatic carbocycles. The molecule has 2 radical (unpaired) electrons. The molecule has 0 unspecified atom stereocenters. The maximum Gasteiger partial charge on any atom is 1.00 e. The molecular formula is HBeO4P-2. The number of hydrogen-bond donors (Lipinski definition) is 0. The quantitative estimate of drug-likeness (QED) is 0.241. The predicted octanol–water partition coefficient (Wildman–Crippen LogP) is -3.09. The summed E-state index contributed by atoms with van der Waals surface area (Å²) < 4.78 is 8.55. The summed E-state index contributed by atoms with van der Waals surface area (Å²) in [6.07, 6.45) is 0. The molecule has 0 aliphatic heterocycles. The van der Waals surface area contributed by atoms with Crippen molar-refractivity contribution in [3.63, 3.8) is 0 Å². The van der Waals surface area contributed by atoms with E-state index in [1.54, 1.807) is 0 Å². The van der Waals surface area contributed by atoms with Crippen molar-refractivity contribution in [2.45, 2.75) is 0 Å². The fourth-order valence-electron chi connectivity index (χ4n) is 0. The van der Waals surface area contributed by atoms with E-state index in [1.165, 1.54) is 0 Å². The van der Waals surface area contributed by atoms with Gasteiger partial charge in [-0.15, -0.1) is 0 Å². The van der Waals surface area contributed by atoms with Crippen molar-refractivity contribution in [3.8, 4) is 0 Å². The number of rotatable bonds is 0. The monoisotopic (exact) mass is 105 g/mol. The van der Waals surface area contributed by atoms with Crippen LogP contribution in [0, 0.1) is 0 Å². The molecule has 0 fully saturated rings. The van der Waals surface area contributed by atoms with Crippen molar-refractivity contribution in [1.29, 1.82) is 0 Å². The zero-order chi connectivity index (χ0) is 4.50. The van der Waals surface area contributed by atoms with Gasteiger partial charge in [-0.05, 0) is 0 Å². The van der Waals surface area contributed by atoms with Crippen molar-refractivity contribution in [3.05, 3.63) is 0 Å². The van der Waals surface area contributed by atoms with Crippen LogP contribution in [0.5, 0.6) is 0 Å². The third kappa shape index (κ3) is 592. The van der Waals surface area contributed by atoms with Gasteiger partial charge in [-0.1, -0.05) is 0 Å². The van der Waals surface area contributed by atoms with Crippen molar-refractivity contribution in [2.24, 2.45) is 0 Å². The summed E-state index contributed by atoms with van der Waals surface area (Å²) in [6, 6.07) is 0. The van der Waals surface area contributed by atoms with E-state index in [-0.39, 0.29) is 11.5 Å². The summed E-state index contributed by atoms with van der Waals surface area (Å²) in [5, 5.41) is 0. The Morgan fingerprint density at radius 2 is 1.33 bits per heavy atom. The van der Waals surface area contributed by atoms with Gasteiger partial charge in [0.15, 0.2) is 0 Å². The normalized spacial score (nSPS) is 9.83. The summed E-state index contributed by atoms with van der Waals surface area (Å²) >= 11 is 0. The molecule has 0 saturated carbocycles. The molecule has 0 atom stereocenters. The molecule has 34 valence electrons. The van der Waals surface area contributed by atoms with Crippen LogP contribution in [0.1, 0.15) is 1.43 Å². The van der Waals surface area contributed by atoms with Gasteiger partial charge in [0.1, 0.15) is 0 Å². The first-order chi connectivity index (χ1) is 2.00. The van der Waals surface area contributed by atoms with E-state index < -0.39 is 7.82 Å². The van der Waals surface area contributed by atoms with E-state index in [0.717, 1.165) is 0 Å². The van der Waals surface area contributed by atoms with Crippen LogP contribution in [-0.2, 0) is 4.57 Å². The summed E-state index contributed by atoms with van der Waals surface area (Å²) in [6.45, 7) is 0. The summed E-state index contributed by atoms with van der Waals surface area (Å²) in [4.78, 5) is 25.6. The average Bonchev–Trinajstić information content (AvgIpc) is 0.722. The topological polar surface area (TPSA) is 86.2 Å². The largest absolute Gasteiger partial charge is 1.00 e. The second-order valence-corrected chi connectivity index (χ2v) is 1.34. The molecule has 6 heteroatoms. The molecule has 0 N–H and O–H groups in total. The van der Waals surface area contributed by atoms with E-state index in [9.17, 15) is 0 Å². The van der Waals surface area contributed by atoms with Gasteiger partial charge >= 0.3 is 1.43 Å². The second-order valence-electron chi connectivity index (χ2n) is 0.447. The zero-order valence-electron chi connectivity index (χ0n) is 3.79. The van der Waals surface area contributed by atoms with Crippen LogP contribution in [0.3, 0.4) is 0 Å². The summed E-state index contributed by atoms with van der Waals surface area (Å²) in [5.74, 6) is 0. The number of phosphoric acid groups is 1. The Bertz CT molecular complexity index is 57.8. The molecule has 0 aromatic carbocycles. The SMILES string of the molecule is O=P([O-])([O-])[O-].[Be].[H+]. The third-order valence-electron chi connectivity index (χ3n) is 0. The van der Waals surface area contributed by atoms with Crippen molar-refractivity contribution < 1.29 is 20.7 Å². The van der Waals surface area contributed by atoms with E-state index in [4.69, 9.17) is 19.2 Å². The maximum absolute atomic E-state index is 8.55. The van der Waals surface area contributed by atoms with Crippen molar-refractivity contribution in [1.82, 2.24) is 0 Å². The van der Waals surface area contributed by atoms with Crippen LogP contribution in [0.15, 0.2) is 0 Å². The molecule has 0 aromatic rings. The molecule has 0 amide bonds. The van der Waals surface area contributed by atoms with Crippen molar-refractivity contribution >= 4 is 17.9 Å². The Hall–Kier alpha value is 0.279. The van der Waals surface area contributed by atoms with E-state index in [2.05, 4.69) is 0 Å². The van der Waals surface area contributed by atoms with Crippen LogP contribution in [0.25, 0.3) is 0 Å². The molecule has 6 heavy (non-hydrogen) atoms. The van der Waals surface area contributed by atoms with Gasteiger partial charge in [-0.2, -0.15) is 7.82 Å². The first kappa shape index (κ1) is 9.56. The molecule has 0 spiro atoms. The van der Waals surface area contributed by atoms with Gasteiger partial charge < -0.3 is 19.2 Å². The predicted molar refractivity (Wildman–Crippen MR) is 14.5 cm³/mol. The Morgan fingerprint density at radius 3 is 1.33 bits per heavy atom. The summed E-state index contributed by atoms with van der Waals surface area (Å²) in [7, 11) is -5.39. The smallest absolute Gasteiger partial charge is 0.822 e. The summed E-state index contributed by atoms with van der Waals surface area (Å²) in [5.41, 5.74) is 0. The van der Waals surface area contributed by atoms with E-state index >= 15 is 0 Å². The van der Waals surface area contributed by atoms with Crippen LogP contribution in [0.2, 0.25) is 0 Å². The Balaban J connectivity index is -0.0000000800. The fraction of sp³-hybridized carbons (Fsp3) is 0. The second kappa shape index (κ2) is 2.45. The van der Waals surface area contributed by atoms with E-state index in [1.807, 2.05) is 0 Å². The minimum atomic E-state index is -5.39. The van der Waals surface area contributed by atoms with Gasteiger partial charge in [0.05, 0.1) is 0 Å². The van der Waals surface area contributed by atoms with E-state index in [0.29, 0.717) is 0 Å². The van der Waals surface area contributed by atoms with Gasteiger partial charge in [0, 0.05) is 10.1 Å². The molecule has 0 bridgehead atoms. The minimum Gasteiger partial charge on any atom is -0.822 e. The molecule has 0 rings (SSSR count). The molecule has 0 aliphatic rings. The maximum atomic E-state index is 8.55. The Morgan fingerprint density at radius 1 is 1.33 bits per heavy atom. The Kier molecular flexibility index (Phi) is 3.90. The van der Waals surface area contributed by atoms with Gasteiger partial charge in [-0.3, -0.25) is 0 Å². The van der Waals surface area contributed by atoms with Crippen LogP contribution >= 0.6 is 7.82 Å². The minimum absolute atomic E-state index is 0. The van der Waals surface area contributed by atoms with Crippen LogP contribution in [-0.4, -0.2) is 10.1 Å². The van der Waals surface area contributed by atoms with Gasteiger partial charge in [0.2, 0.25) is 0 Å². The molecular weight excluding hydrogens is 104 g/mol. The molecule has 0 aromatic heterocycles. The zero-order valence-corrected chi connectivity index (χ0v) is 3.68. The third-order valence-corrected chi connectivity index (χ3v) is 0. The van der Waals surface area contributed by atoms with Gasteiger partial charge in [0.25, 0.3) is 0 Å². The Labute approximate surface area is 39.8 Å². The number of hydrogen-bond acceptors (Lipinski definition) is 4. The van der Waals surface area contributed by atoms with Crippen molar-refractivity contribution in [2.75, 3.05) is 0 Å². The molecule has 0 saturated heterocycles.